The number of pyridine rings is 3. The van der Waals surface area contributed by atoms with Crippen LogP contribution in [0.3, 0.4) is 0 Å². The number of fused-ring (bicyclic) bond motifs is 1. The molecule has 374 valence electrons. The van der Waals surface area contributed by atoms with Crippen LogP contribution in [0.2, 0.25) is 0 Å². The minimum absolute atomic E-state index is 0.0621. The molecule has 0 saturated carbocycles. The maximum atomic E-state index is 11.9. The third-order valence-corrected chi connectivity index (χ3v) is 12.1. The number of carbonyl (C=O) groups is 2. The lowest BCUT2D eigenvalue weighted by Crippen LogP contribution is -2.31. The van der Waals surface area contributed by atoms with E-state index in [-0.39, 0.29) is 16.8 Å². The van der Waals surface area contributed by atoms with E-state index >= 15 is 0 Å². The monoisotopic (exact) mass is 1170 g/mol. The van der Waals surface area contributed by atoms with Crippen LogP contribution in [-0.2, 0) is 26.0 Å². The van der Waals surface area contributed by atoms with Gasteiger partial charge in [0.05, 0.1) is 29.1 Å². The van der Waals surface area contributed by atoms with Crippen molar-refractivity contribution in [1.29, 1.82) is 5.41 Å². The van der Waals surface area contributed by atoms with E-state index in [1.807, 2.05) is 107 Å². The molecule has 0 aliphatic carbocycles. The lowest BCUT2D eigenvalue weighted by molar-refractivity contribution is 0.00673. The Morgan fingerprint density at radius 2 is 1.32 bits per heavy atom. The fourth-order valence-corrected chi connectivity index (χ4v) is 8.20. The Morgan fingerprint density at radius 3 is 1.82 bits per heavy atom. The molecule has 0 bridgehead atoms. The molecule has 3 heterocycles. The maximum Gasteiger partial charge on any atom is 0.340 e. The highest BCUT2D eigenvalue weighted by molar-refractivity contribution is 9.10. The normalized spacial score (nSPS) is 11.4. The largest absolute Gasteiger partial charge is 0.478 e. The Bertz CT molecular complexity index is 3060. The molecule has 0 spiro atoms. The van der Waals surface area contributed by atoms with E-state index in [9.17, 15) is 18.0 Å². The van der Waals surface area contributed by atoms with Crippen molar-refractivity contribution in [2.75, 3.05) is 5.32 Å². The van der Waals surface area contributed by atoms with Gasteiger partial charge in [0.15, 0.2) is 0 Å². The molecule has 0 atom stereocenters. The Balaban J connectivity index is 0.000000243. The van der Waals surface area contributed by atoms with Gasteiger partial charge in [-0.3, -0.25) is 15.4 Å². The third kappa shape index (κ3) is 18.3. The zero-order chi connectivity index (χ0) is 52.9. The van der Waals surface area contributed by atoms with E-state index in [0.717, 1.165) is 43.2 Å². The number of anilines is 1. The molecule has 0 fully saturated rings. The number of ether oxygens (including phenoxy) is 2. The number of aromatic nitrogens is 3. The molecular formula is C52H53Br2Cl3N6O7S. The number of primary sulfonamides is 1. The maximum absolute atomic E-state index is 11.9. The van der Waals surface area contributed by atoms with Gasteiger partial charge in [-0.25, -0.2) is 28.1 Å². The van der Waals surface area contributed by atoms with Crippen LogP contribution in [0.4, 0.5) is 5.82 Å². The van der Waals surface area contributed by atoms with Gasteiger partial charge in [0, 0.05) is 38.5 Å². The van der Waals surface area contributed by atoms with Gasteiger partial charge >= 0.3 is 11.9 Å². The molecule has 4 aromatic carbocycles. The number of nitrogens with one attached hydrogen (secondary N) is 2. The molecule has 7 rings (SSSR count). The molecule has 5 N–H and O–H groups in total. The van der Waals surface area contributed by atoms with E-state index in [4.69, 9.17) is 64.9 Å². The smallest absolute Gasteiger partial charge is 0.340 e. The van der Waals surface area contributed by atoms with E-state index in [0.29, 0.717) is 39.2 Å². The minimum atomic E-state index is -3.89. The van der Waals surface area contributed by atoms with Crippen molar-refractivity contribution in [3.63, 3.8) is 0 Å². The SMILES string of the molecule is CC(C)(C)OC(=N)C(Cl)(Cl)Cl.Cc1cccc(Br)c1C(=O)O.Cc1cccc(Br)c1C(=O)OC(C)(C)C.NS(=O)(=O)c1cncc(-c2cc3cccc(-c4ccccc4)c3c(NCc3ccccn3)n2)c1. The number of halogens is 5. The summed E-state index contributed by atoms with van der Waals surface area (Å²) >= 11 is 22.6. The number of benzene rings is 4. The van der Waals surface area contributed by atoms with Crippen LogP contribution in [0.5, 0.6) is 0 Å². The van der Waals surface area contributed by atoms with Crippen molar-refractivity contribution in [2.24, 2.45) is 5.14 Å². The van der Waals surface area contributed by atoms with Crippen LogP contribution in [0.15, 0.2) is 148 Å². The molecule has 13 nitrogen and oxygen atoms in total. The van der Waals surface area contributed by atoms with Crippen molar-refractivity contribution in [3.05, 3.63) is 171 Å². The average molecular weight is 1170 g/mol. The second kappa shape index (κ2) is 25.3. The summed E-state index contributed by atoms with van der Waals surface area (Å²) < 4.78 is 33.7. The van der Waals surface area contributed by atoms with Crippen LogP contribution >= 0.6 is 66.7 Å². The van der Waals surface area contributed by atoms with Crippen LogP contribution in [0.25, 0.3) is 33.2 Å². The number of hydrogen-bond donors (Lipinski definition) is 4. The summed E-state index contributed by atoms with van der Waals surface area (Å²) in [6.07, 6.45) is 4.55. The van der Waals surface area contributed by atoms with Gasteiger partial charge in [-0.05, 0) is 151 Å². The number of nitrogens with two attached hydrogens (primary N) is 1. The van der Waals surface area contributed by atoms with Gasteiger partial charge in [0.1, 0.15) is 21.9 Å². The van der Waals surface area contributed by atoms with Crippen molar-refractivity contribution in [1.82, 2.24) is 15.0 Å². The van der Waals surface area contributed by atoms with E-state index in [1.165, 1.54) is 12.3 Å². The number of aryl methyl sites for hydroxylation is 2. The minimum Gasteiger partial charge on any atom is -0.478 e. The van der Waals surface area contributed by atoms with E-state index in [2.05, 4.69) is 65.3 Å². The molecule has 0 unspecified atom stereocenters. The number of hydrogen-bond acceptors (Lipinski definition) is 11. The quantitative estimate of drug-likeness (QED) is 0.0487. The Kier molecular flexibility index (Phi) is 20.7. The second-order valence-corrected chi connectivity index (χ2v) is 23.0. The summed E-state index contributed by atoms with van der Waals surface area (Å²) in [5, 5.41) is 26.6. The number of carbonyl (C=O) groups excluding carboxylic acids is 1. The summed E-state index contributed by atoms with van der Waals surface area (Å²) in [7, 11) is -3.89. The number of carboxylic acids is 1. The summed E-state index contributed by atoms with van der Waals surface area (Å²) in [5.74, 6) is -0.865. The molecule has 71 heavy (non-hydrogen) atoms. The lowest BCUT2D eigenvalue weighted by atomic mass is 9.97. The summed E-state index contributed by atoms with van der Waals surface area (Å²) in [5.41, 5.74) is 5.79. The first kappa shape index (κ1) is 58.1. The number of aromatic carboxylic acids is 1. The zero-order valence-electron chi connectivity index (χ0n) is 40.0. The van der Waals surface area contributed by atoms with Crippen LogP contribution in [0.1, 0.15) is 79.1 Å². The standard InChI is InChI=1S/C26H21N5O2S.C12H15BrO2.C8H7BrO2.C6H10Cl3NO/c27-34(32,33)22-13-20(15-28-17-22)24-14-19-9-6-11-23(18-7-2-1-3-8-18)25(19)26(31-24)30-16-21-10-4-5-12-29-21;1-8-6-5-7-9(13)10(8)11(14)15-12(2,3)4;1-5-3-2-4-6(9)7(5)8(10)11;1-5(2,3)11-4(10)6(7,8)9/h1-15,17H,16H2,(H,30,31)(H2,27,32,33);5-7H,1-4H3;2-4H,1H3,(H,10,11);10H,1-3H3. The van der Waals surface area contributed by atoms with Gasteiger partial charge in [-0.15, -0.1) is 0 Å². The number of carboxylic acid groups (broad SMARTS) is 1. The Labute approximate surface area is 446 Å². The Morgan fingerprint density at radius 1 is 0.746 bits per heavy atom. The molecule has 0 radical (unpaired) electrons. The van der Waals surface area contributed by atoms with Gasteiger partial charge in [-0.2, -0.15) is 0 Å². The first-order chi connectivity index (χ1) is 33.1. The van der Waals surface area contributed by atoms with Crippen LogP contribution < -0.4 is 10.5 Å². The van der Waals surface area contributed by atoms with Gasteiger partial charge in [0.25, 0.3) is 3.79 Å². The number of rotatable bonds is 8. The van der Waals surface area contributed by atoms with Crippen molar-refractivity contribution >= 4 is 111 Å². The lowest BCUT2D eigenvalue weighted by Gasteiger charge is -2.24. The number of esters is 1. The van der Waals surface area contributed by atoms with Crippen LogP contribution in [0, 0.1) is 19.3 Å². The van der Waals surface area contributed by atoms with Crippen molar-refractivity contribution < 1.29 is 32.6 Å². The van der Waals surface area contributed by atoms with E-state index in [1.54, 1.807) is 52.2 Å². The molecule has 7 aromatic rings. The molecule has 0 aliphatic rings. The summed E-state index contributed by atoms with van der Waals surface area (Å²) in [6, 6.07) is 36.3. The number of alkyl halides is 3. The van der Waals surface area contributed by atoms with Gasteiger partial charge in [0.2, 0.25) is 15.9 Å². The molecule has 0 saturated heterocycles. The molecule has 0 amide bonds. The third-order valence-electron chi connectivity index (χ3n) is 9.37. The second-order valence-electron chi connectivity index (χ2n) is 17.5. The molecular weight excluding hydrogens is 1120 g/mol. The van der Waals surface area contributed by atoms with Crippen molar-refractivity contribution in [3.8, 4) is 22.4 Å². The fraction of sp³-hybridized carbons (Fsp3) is 0.231. The predicted molar refractivity (Wildman–Crippen MR) is 292 cm³/mol. The average Bonchev–Trinajstić information content (AvgIpc) is 3.27. The summed E-state index contributed by atoms with van der Waals surface area (Å²) in [4.78, 5) is 35.7. The number of sulfonamides is 1. The molecule has 0 aliphatic heterocycles. The van der Waals surface area contributed by atoms with Crippen LogP contribution in [-0.4, -0.2) is 61.3 Å². The highest BCUT2D eigenvalue weighted by Crippen LogP contribution is 2.36. The highest BCUT2D eigenvalue weighted by Gasteiger charge is 2.31. The molecule has 19 heteroatoms. The molecule has 3 aromatic heterocycles. The highest BCUT2D eigenvalue weighted by atomic mass is 79.9. The topological polar surface area (TPSA) is 208 Å². The van der Waals surface area contributed by atoms with E-state index < -0.39 is 31.0 Å². The first-order valence-electron chi connectivity index (χ1n) is 21.5. The van der Waals surface area contributed by atoms with Gasteiger partial charge in [-0.1, -0.05) is 114 Å². The number of nitrogens with zero attached hydrogens (tertiary/aromatic N) is 3. The zero-order valence-corrected chi connectivity index (χ0v) is 46.3. The summed E-state index contributed by atoms with van der Waals surface area (Å²) in [6.45, 7) is 15.0. The Hall–Kier alpha value is -5.46. The van der Waals surface area contributed by atoms with Gasteiger partial charge < -0.3 is 19.9 Å². The predicted octanol–water partition coefficient (Wildman–Crippen LogP) is 13.9. The van der Waals surface area contributed by atoms with Crippen molar-refractivity contribution in [2.45, 2.75) is 81.8 Å². The fourth-order valence-electron chi connectivity index (χ4n) is 6.32. The first-order valence-corrected chi connectivity index (χ1v) is 25.7.